The maximum absolute atomic E-state index is 12.7. The molecule has 6 nitrogen and oxygen atoms in total. The van der Waals surface area contributed by atoms with Gasteiger partial charge in [0.25, 0.3) is 0 Å². The van der Waals surface area contributed by atoms with Crippen molar-refractivity contribution in [3.05, 3.63) is 57.6 Å². The molecular formula is C17H12O6. The van der Waals surface area contributed by atoms with E-state index in [9.17, 15) is 24.9 Å². The van der Waals surface area contributed by atoms with E-state index in [4.69, 9.17) is 4.74 Å². The highest BCUT2D eigenvalue weighted by atomic mass is 16.5. The molecule has 3 N–H and O–H groups in total. The molecule has 0 saturated heterocycles. The van der Waals surface area contributed by atoms with Crippen LogP contribution in [0.15, 0.2) is 24.3 Å². The third kappa shape index (κ3) is 1.70. The second kappa shape index (κ2) is 4.65. The number of fused-ring (bicyclic) bond motifs is 3. The minimum absolute atomic E-state index is 0.0491. The Morgan fingerprint density at radius 2 is 1.52 bits per heavy atom. The van der Waals surface area contributed by atoms with Crippen LogP contribution in [0.4, 0.5) is 0 Å². The van der Waals surface area contributed by atoms with Crippen LogP contribution in [-0.4, -0.2) is 33.5 Å². The molecule has 0 spiro atoms. The van der Waals surface area contributed by atoms with E-state index in [1.807, 2.05) is 0 Å². The van der Waals surface area contributed by atoms with Crippen LogP contribution in [0.1, 0.15) is 49.1 Å². The van der Waals surface area contributed by atoms with Gasteiger partial charge in [0.1, 0.15) is 17.6 Å². The average Bonchev–Trinajstić information content (AvgIpc) is 2.55. The zero-order valence-corrected chi connectivity index (χ0v) is 11.9. The highest BCUT2D eigenvalue weighted by molar-refractivity contribution is 6.30. The lowest BCUT2D eigenvalue weighted by molar-refractivity contribution is 0.00708. The van der Waals surface area contributed by atoms with E-state index in [0.717, 1.165) is 0 Å². The Morgan fingerprint density at radius 3 is 2.13 bits per heavy atom. The molecule has 23 heavy (non-hydrogen) atoms. The van der Waals surface area contributed by atoms with E-state index >= 15 is 0 Å². The maximum Gasteiger partial charge on any atom is 0.198 e. The van der Waals surface area contributed by atoms with E-state index in [2.05, 4.69) is 0 Å². The summed E-state index contributed by atoms with van der Waals surface area (Å²) in [7, 11) is 0. The van der Waals surface area contributed by atoms with Crippen molar-refractivity contribution >= 4 is 11.6 Å². The minimum atomic E-state index is -1.17. The number of rotatable bonds is 0. The topological polar surface area (TPSA) is 104 Å². The SMILES string of the molecule is O=C1c2ccccc2C(=O)c2c(O)c3c(c(O)c21)COC[C@@H]3O. The molecule has 4 rings (SSSR count). The van der Waals surface area contributed by atoms with Crippen LogP contribution in [0.3, 0.4) is 0 Å². The first-order chi connectivity index (χ1) is 11.0. The van der Waals surface area contributed by atoms with Crippen molar-refractivity contribution in [3.8, 4) is 11.5 Å². The molecule has 2 aromatic carbocycles. The Bertz CT molecular complexity index is 883. The van der Waals surface area contributed by atoms with Gasteiger partial charge in [-0.15, -0.1) is 0 Å². The molecule has 0 bridgehead atoms. The second-order valence-corrected chi connectivity index (χ2v) is 5.57. The van der Waals surface area contributed by atoms with Gasteiger partial charge in [-0.25, -0.2) is 0 Å². The highest BCUT2D eigenvalue weighted by Crippen LogP contribution is 2.46. The summed E-state index contributed by atoms with van der Waals surface area (Å²) in [6, 6.07) is 6.23. The Hall–Kier alpha value is -2.70. The van der Waals surface area contributed by atoms with Gasteiger partial charge in [0.05, 0.1) is 24.3 Å². The van der Waals surface area contributed by atoms with Gasteiger partial charge < -0.3 is 20.1 Å². The molecule has 1 atom stereocenters. The largest absolute Gasteiger partial charge is 0.507 e. The molecule has 0 amide bonds. The first kappa shape index (κ1) is 13.9. The van der Waals surface area contributed by atoms with E-state index < -0.39 is 29.2 Å². The van der Waals surface area contributed by atoms with E-state index in [1.165, 1.54) is 12.1 Å². The molecule has 1 aliphatic heterocycles. The quantitative estimate of drug-likeness (QED) is 0.543. The van der Waals surface area contributed by atoms with E-state index in [-0.39, 0.29) is 46.6 Å². The molecule has 0 radical (unpaired) electrons. The third-order valence-electron chi connectivity index (χ3n) is 4.32. The van der Waals surface area contributed by atoms with Crippen molar-refractivity contribution in [2.24, 2.45) is 0 Å². The van der Waals surface area contributed by atoms with Gasteiger partial charge in [0.15, 0.2) is 11.6 Å². The zero-order valence-electron chi connectivity index (χ0n) is 11.9. The Kier molecular flexibility index (Phi) is 2.81. The van der Waals surface area contributed by atoms with Crippen molar-refractivity contribution in [2.75, 3.05) is 6.61 Å². The van der Waals surface area contributed by atoms with E-state index in [1.54, 1.807) is 12.1 Å². The number of carbonyl (C=O) groups is 2. The smallest absolute Gasteiger partial charge is 0.198 e. The maximum atomic E-state index is 12.7. The molecule has 0 aromatic heterocycles. The summed E-state index contributed by atoms with van der Waals surface area (Å²) in [5.41, 5.74) is 0.0419. The molecule has 0 fully saturated rings. The molecule has 1 aliphatic carbocycles. The lowest BCUT2D eigenvalue weighted by Gasteiger charge is -2.28. The van der Waals surface area contributed by atoms with Crippen molar-refractivity contribution in [1.82, 2.24) is 0 Å². The number of hydrogen-bond acceptors (Lipinski definition) is 6. The van der Waals surface area contributed by atoms with Gasteiger partial charge in [0, 0.05) is 22.3 Å². The summed E-state index contributed by atoms with van der Waals surface area (Å²) in [6.07, 6.45) is -1.17. The summed E-state index contributed by atoms with van der Waals surface area (Å²) in [5, 5.41) is 31.0. The molecule has 2 aliphatic rings. The first-order valence-electron chi connectivity index (χ1n) is 7.07. The fraction of sp³-hybridized carbons (Fsp3) is 0.176. The third-order valence-corrected chi connectivity index (χ3v) is 4.32. The monoisotopic (exact) mass is 312 g/mol. The minimum Gasteiger partial charge on any atom is -0.507 e. The fourth-order valence-electron chi connectivity index (χ4n) is 3.24. The second-order valence-electron chi connectivity index (χ2n) is 5.57. The molecule has 6 heteroatoms. The van der Waals surface area contributed by atoms with Gasteiger partial charge in [-0.2, -0.15) is 0 Å². The normalized spacial score (nSPS) is 19.1. The summed E-state index contributed by atoms with van der Waals surface area (Å²) in [6.45, 7) is -0.111. The standard InChI is InChI=1S/C17H12O6/c18-10-6-23-5-9-11(10)17(22)13-12(16(9)21)14(19)7-3-1-2-4-8(7)15(13)20/h1-4,10,18,21-22H,5-6H2/t10-/m0/s1. The lowest BCUT2D eigenvalue weighted by atomic mass is 9.79. The van der Waals surface area contributed by atoms with Crippen molar-refractivity contribution in [3.63, 3.8) is 0 Å². The van der Waals surface area contributed by atoms with Gasteiger partial charge in [-0.3, -0.25) is 9.59 Å². The number of aliphatic hydroxyl groups excluding tert-OH is 1. The number of hydrogen-bond donors (Lipinski definition) is 3. The summed E-state index contributed by atoms with van der Waals surface area (Å²) >= 11 is 0. The number of carbonyl (C=O) groups excluding carboxylic acids is 2. The first-order valence-corrected chi connectivity index (χ1v) is 7.07. The summed E-state index contributed by atoms with van der Waals surface area (Å²) < 4.78 is 5.15. The molecule has 0 unspecified atom stereocenters. The van der Waals surface area contributed by atoms with Gasteiger partial charge >= 0.3 is 0 Å². The number of ketones is 2. The van der Waals surface area contributed by atoms with Crippen molar-refractivity contribution < 1.29 is 29.6 Å². The number of benzene rings is 2. The number of ether oxygens (including phenoxy) is 1. The predicted octanol–water partition coefficient (Wildman–Crippen LogP) is 1.44. The van der Waals surface area contributed by atoms with Crippen LogP contribution in [0.2, 0.25) is 0 Å². The van der Waals surface area contributed by atoms with Crippen LogP contribution >= 0.6 is 0 Å². The van der Waals surface area contributed by atoms with E-state index in [0.29, 0.717) is 0 Å². The molecule has 0 saturated carbocycles. The van der Waals surface area contributed by atoms with Crippen molar-refractivity contribution in [1.29, 1.82) is 0 Å². The molecule has 116 valence electrons. The van der Waals surface area contributed by atoms with Crippen LogP contribution in [0.25, 0.3) is 0 Å². The predicted molar refractivity (Wildman–Crippen MR) is 77.7 cm³/mol. The Morgan fingerprint density at radius 1 is 0.957 bits per heavy atom. The number of aromatic hydroxyl groups is 2. The molecule has 2 aromatic rings. The number of phenols is 2. The van der Waals surface area contributed by atoms with Crippen LogP contribution in [0.5, 0.6) is 11.5 Å². The highest BCUT2D eigenvalue weighted by Gasteiger charge is 2.39. The number of aliphatic hydroxyl groups is 1. The van der Waals surface area contributed by atoms with Gasteiger partial charge in [-0.1, -0.05) is 24.3 Å². The van der Waals surface area contributed by atoms with Crippen molar-refractivity contribution in [2.45, 2.75) is 12.7 Å². The van der Waals surface area contributed by atoms with Gasteiger partial charge in [0.2, 0.25) is 0 Å². The Balaban J connectivity index is 2.10. The summed E-state index contributed by atoms with van der Waals surface area (Å²) in [4.78, 5) is 25.4. The summed E-state index contributed by atoms with van der Waals surface area (Å²) in [5.74, 6) is -1.97. The molecule has 1 heterocycles. The van der Waals surface area contributed by atoms with Crippen LogP contribution in [0, 0.1) is 0 Å². The zero-order chi connectivity index (χ0) is 16.3. The Labute approximate surface area is 130 Å². The van der Waals surface area contributed by atoms with Crippen LogP contribution < -0.4 is 0 Å². The average molecular weight is 312 g/mol. The van der Waals surface area contributed by atoms with Crippen LogP contribution in [-0.2, 0) is 11.3 Å². The van der Waals surface area contributed by atoms with Gasteiger partial charge in [-0.05, 0) is 0 Å². The fourth-order valence-corrected chi connectivity index (χ4v) is 3.24. The molecular weight excluding hydrogens is 300 g/mol. The number of phenolic OH excluding ortho intramolecular Hbond substituents is 2. The lowest BCUT2D eigenvalue weighted by Crippen LogP contribution is -2.25.